The Morgan fingerprint density at radius 3 is 2.69 bits per heavy atom. The molecular weight excluding hydrogens is 268 g/mol. The lowest BCUT2D eigenvalue weighted by atomic mass is 10.2. The molecule has 0 aliphatic heterocycles. The van der Waals surface area contributed by atoms with Crippen LogP contribution in [0.1, 0.15) is 10.4 Å². The summed E-state index contributed by atoms with van der Waals surface area (Å²) in [4.78, 5) is 15.4. The molecule has 4 heteroatoms. The van der Waals surface area contributed by atoms with Crippen molar-refractivity contribution in [3.8, 4) is 0 Å². The van der Waals surface area contributed by atoms with E-state index < -0.39 is 0 Å². The SMILES string of the molecule is O=C(/C=C/c1ccc(Br)cc1)n1ccnc1. The minimum Gasteiger partial charge on any atom is -0.273 e. The lowest BCUT2D eigenvalue weighted by Gasteiger charge is -1.95. The number of carbonyl (C=O) groups excluding carboxylic acids is 1. The second-order valence-electron chi connectivity index (χ2n) is 3.19. The first-order valence-electron chi connectivity index (χ1n) is 4.71. The first-order valence-corrected chi connectivity index (χ1v) is 5.51. The Labute approximate surface area is 102 Å². The molecule has 0 saturated carbocycles. The zero-order chi connectivity index (χ0) is 11.4. The second-order valence-corrected chi connectivity index (χ2v) is 4.11. The van der Waals surface area contributed by atoms with E-state index in [2.05, 4.69) is 20.9 Å². The maximum atomic E-state index is 11.6. The van der Waals surface area contributed by atoms with E-state index in [1.54, 1.807) is 18.5 Å². The Morgan fingerprint density at radius 1 is 1.31 bits per heavy atom. The number of benzene rings is 1. The number of hydrogen-bond acceptors (Lipinski definition) is 2. The third-order valence-corrected chi connectivity index (χ3v) is 2.58. The minimum absolute atomic E-state index is 0.111. The van der Waals surface area contributed by atoms with Crippen LogP contribution in [0.5, 0.6) is 0 Å². The van der Waals surface area contributed by atoms with Crippen molar-refractivity contribution >= 4 is 27.9 Å². The van der Waals surface area contributed by atoms with Crippen LogP contribution in [0.3, 0.4) is 0 Å². The molecule has 16 heavy (non-hydrogen) atoms. The largest absolute Gasteiger partial charge is 0.273 e. The van der Waals surface area contributed by atoms with Crippen molar-refractivity contribution in [2.75, 3.05) is 0 Å². The Kier molecular flexibility index (Phi) is 3.31. The van der Waals surface area contributed by atoms with Gasteiger partial charge in [-0.2, -0.15) is 0 Å². The summed E-state index contributed by atoms with van der Waals surface area (Å²) in [7, 11) is 0. The zero-order valence-corrected chi connectivity index (χ0v) is 9.96. The van der Waals surface area contributed by atoms with Crippen molar-refractivity contribution in [3.05, 3.63) is 59.1 Å². The van der Waals surface area contributed by atoms with E-state index >= 15 is 0 Å². The van der Waals surface area contributed by atoms with E-state index in [1.807, 2.05) is 24.3 Å². The standard InChI is InChI=1S/C12H9BrN2O/c13-11-4-1-10(2-5-11)3-6-12(16)15-8-7-14-9-15/h1-9H/b6-3+. The molecule has 2 rings (SSSR count). The normalized spacial score (nSPS) is 10.8. The molecule has 1 aromatic heterocycles. The summed E-state index contributed by atoms with van der Waals surface area (Å²) in [5.74, 6) is -0.111. The molecule has 3 nitrogen and oxygen atoms in total. The number of nitrogens with zero attached hydrogens (tertiary/aromatic N) is 2. The van der Waals surface area contributed by atoms with Crippen LogP contribution in [0.4, 0.5) is 0 Å². The van der Waals surface area contributed by atoms with Crippen LogP contribution >= 0.6 is 15.9 Å². The van der Waals surface area contributed by atoms with E-state index in [4.69, 9.17) is 0 Å². The average Bonchev–Trinajstić information content (AvgIpc) is 2.81. The predicted octanol–water partition coefficient (Wildman–Crippen LogP) is 3.00. The second kappa shape index (κ2) is 4.90. The van der Waals surface area contributed by atoms with Gasteiger partial charge in [-0.15, -0.1) is 0 Å². The highest BCUT2D eigenvalue weighted by Gasteiger charge is 1.97. The summed E-state index contributed by atoms with van der Waals surface area (Å²) in [5.41, 5.74) is 0.983. The van der Waals surface area contributed by atoms with Gasteiger partial charge in [-0.25, -0.2) is 4.98 Å². The third-order valence-electron chi connectivity index (χ3n) is 2.05. The Morgan fingerprint density at radius 2 is 2.06 bits per heavy atom. The monoisotopic (exact) mass is 276 g/mol. The number of aromatic nitrogens is 2. The average molecular weight is 277 g/mol. The van der Waals surface area contributed by atoms with Gasteiger partial charge in [0, 0.05) is 22.9 Å². The molecule has 0 saturated heterocycles. The van der Waals surface area contributed by atoms with Crippen LogP contribution in [-0.2, 0) is 0 Å². The van der Waals surface area contributed by atoms with Crippen molar-refractivity contribution < 1.29 is 4.79 Å². The summed E-state index contributed by atoms with van der Waals surface area (Å²) in [6, 6.07) is 7.73. The molecule has 0 radical (unpaired) electrons. The highest BCUT2D eigenvalue weighted by molar-refractivity contribution is 9.10. The zero-order valence-electron chi connectivity index (χ0n) is 8.38. The van der Waals surface area contributed by atoms with Gasteiger partial charge in [-0.3, -0.25) is 9.36 Å². The van der Waals surface area contributed by atoms with E-state index in [0.29, 0.717) is 0 Å². The summed E-state index contributed by atoms with van der Waals surface area (Å²) in [5, 5.41) is 0. The highest BCUT2D eigenvalue weighted by atomic mass is 79.9. The van der Waals surface area contributed by atoms with E-state index in [-0.39, 0.29) is 5.91 Å². The van der Waals surface area contributed by atoms with Crippen LogP contribution in [0.2, 0.25) is 0 Å². The van der Waals surface area contributed by atoms with E-state index in [0.717, 1.165) is 10.0 Å². The summed E-state index contributed by atoms with van der Waals surface area (Å²) in [6.45, 7) is 0. The van der Waals surface area contributed by atoms with Crippen molar-refractivity contribution in [1.29, 1.82) is 0 Å². The summed E-state index contributed by atoms with van der Waals surface area (Å²) in [6.07, 6.45) is 7.97. The number of carbonyl (C=O) groups is 1. The van der Waals surface area contributed by atoms with Gasteiger partial charge in [0.2, 0.25) is 0 Å². The summed E-state index contributed by atoms with van der Waals surface area (Å²) >= 11 is 3.35. The van der Waals surface area contributed by atoms with Gasteiger partial charge < -0.3 is 0 Å². The van der Waals surface area contributed by atoms with Crippen molar-refractivity contribution in [2.45, 2.75) is 0 Å². The van der Waals surface area contributed by atoms with Gasteiger partial charge >= 0.3 is 0 Å². The number of allylic oxidation sites excluding steroid dienone is 1. The molecular formula is C12H9BrN2O. The number of rotatable bonds is 2. The predicted molar refractivity (Wildman–Crippen MR) is 66.0 cm³/mol. The highest BCUT2D eigenvalue weighted by Crippen LogP contribution is 2.11. The van der Waals surface area contributed by atoms with Crippen molar-refractivity contribution in [1.82, 2.24) is 9.55 Å². The molecule has 1 heterocycles. The van der Waals surface area contributed by atoms with Crippen LogP contribution < -0.4 is 0 Å². The maximum Gasteiger partial charge on any atom is 0.255 e. The quantitative estimate of drug-likeness (QED) is 0.791. The molecule has 2 aromatic rings. The van der Waals surface area contributed by atoms with E-state index in [1.165, 1.54) is 17.0 Å². The molecule has 80 valence electrons. The lowest BCUT2D eigenvalue weighted by Crippen LogP contribution is -2.03. The van der Waals surface area contributed by atoms with Crippen LogP contribution in [-0.4, -0.2) is 15.5 Å². The van der Waals surface area contributed by atoms with Gasteiger partial charge in [-0.1, -0.05) is 28.1 Å². The topological polar surface area (TPSA) is 34.9 Å². The first-order chi connectivity index (χ1) is 7.75. The maximum absolute atomic E-state index is 11.6. The van der Waals surface area contributed by atoms with Gasteiger partial charge in [0.05, 0.1) is 0 Å². The number of halogens is 1. The fourth-order valence-corrected chi connectivity index (χ4v) is 1.48. The summed E-state index contributed by atoms with van der Waals surface area (Å²) < 4.78 is 2.45. The van der Waals surface area contributed by atoms with E-state index in [9.17, 15) is 4.79 Å². The Bertz CT molecular complexity index is 500. The molecule has 0 aliphatic rings. The molecule has 0 spiro atoms. The fraction of sp³-hybridized carbons (Fsp3) is 0. The van der Waals surface area contributed by atoms with Gasteiger partial charge in [0.1, 0.15) is 6.33 Å². The number of imidazole rings is 1. The molecule has 0 bridgehead atoms. The number of hydrogen-bond donors (Lipinski definition) is 0. The van der Waals surface area contributed by atoms with Crippen molar-refractivity contribution in [2.24, 2.45) is 0 Å². The molecule has 0 unspecified atom stereocenters. The van der Waals surface area contributed by atoms with Gasteiger partial charge in [0.25, 0.3) is 5.91 Å². The Balaban J connectivity index is 2.10. The van der Waals surface area contributed by atoms with Crippen LogP contribution in [0.15, 0.2) is 53.5 Å². The fourth-order valence-electron chi connectivity index (χ4n) is 1.22. The van der Waals surface area contributed by atoms with Crippen LogP contribution in [0, 0.1) is 0 Å². The van der Waals surface area contributed by atoms with Gasteiger partial charge in [0.15, 0.2) is 0 Å². The minimum atomic E-state index is -0.111. The molecule has 0 amide bonds. The Hall–Kier alpha value is -1.68. The molecule has 0 N–H and O–H groups in total. The molecule has 1 aromatic carbocycles. The molecule has 0 aliphatic carbocycles. The smallest absolute Gasteiger partial charge is 0.255 e. The third kappa shape index (κ3) is 2.67. The van der Waals surface area contributed by atoms with Gasteiger partial charge in [-0.05, 0) is 23.8 Å². The molecule has 0 atom stereocenters. The molecule has 0 fully saturated rings. The van der Waals surface area contributed by atoms with Crippen molar-refractivity contribution in [3.63, 3.8) is 0 Å². The van der Waals surface area contributed by atoms with Crippen LogP contribution in [0.25, 0.3) is 6.08 Å². The first kappa shape index (κ1) is 10.8. The lowest BCUT2D eigenvalue weighted by molar-refractivity contribution is 0.0969.